The van der Waals surface area contributed by atoms with Crippen LogP contribution in [-0.2, 0) is 17.9 Å². The van der Waals surface area contributed by atoms with Crippen LogP contribution in [0.4, 0.5) is 15.9 Å². The molecule has 1 aliphatic carbocycles. The van der Waals surface area contributed by atoms with Gasteiger partial charge in [-0.2, -0.15) is 0 Å². The minimum atomic E-state index is -0.269. The van der Waals surface area contributed by atoms with Gasteiger partial charge in [-0.05, 0) is 55.7 Å². The Balaban J connectivity index is 1.42. The van der Waals surface area contributed by atoms with E-state index < -0.39 is 0 Å². The van der Waals surface area contributed by atoms with Crippen molar-refractivity contribution in [2.45, 2.75) is 52.1 Å². The number of nitrogens with zero attached hydrogens (tertiary/aromatic N) is 3. The van der Waals surface area contributed by atoms with Crippen molar-refractivity contribution in [1.29, 1.82) is 0 Å². The van der Waals surface area contributed by atoms with Gasteiger partial charge in [0.05, 0.1) is 6.54 Å². The Hall–Kier alpha value is -3.15. The summed E-state index contributed by atoms with van der Waals surface area (Å²) in [5.74, 6) is 2.44. The number of hydrogen-bond acceptors (Lipinski definition) is 3. The number of hydrogen-bond donors (Lipinski definition) is 1. The van der Waals surface area contributed by atoms with E-state index in [9.17, 15) is 9.18 Å². The van der Waals surface area contributed by atoms with E-state index in [0.717, 1.165) is 40.9 Å². The van der Waals surface area contributed by atoms with Crippen molar-refractivity contribution < 1.29 is 9.18 Å². The van der Waals surface area contributed by atoms with Crippen LogP contribution in [0.2, 0.25) is 0 Å². The lowest BCUT2D eigenvalue weighted by atomic mass is 9.82. The van der Waals surface area contributed by atoms with Gasteiger partial charge in [0, 0.05) is 30.8 Å². The van der Waals surface area contributed by atoms with Gasteiger partial charge in [-0.3, -0.25) is 4.79 Å². The monoisotopic (exact) mass is 432 g/mol. The quantitative estimate of drug-likeness (QED) is 0.546. The lowest BCUT2D eigenvalue weighted by Gasteiger charge is -2.30. The molecule has 0 saturated heterocycles. The van der Waals surface area contributed by atoms with Crippen molar-refractivity contribution in [1.82, 2.24) is 14.5 Å². The molecule has 1 amide bonds. The molecule has 2 aromatic carbocycles. The molecule has 1 fully saturated rings. The highest BCUT2D eigenvalue weighted by atomic mass is 19.1. The Labute approximate surface area is 188 Å². The second kappa shape index (κ2) is 8.77. The maximum atomic E-state index is 13.5. The number of benzene rings is 2. The Morgan fingerprint density at radius 3 is 2.53 bits per heavy atom. The fourth-order valence-electron chi connectivity index (χ4n) is 4.52. The number of imidazole rings is 1. The maximum absolute atomic E-state index is 13.5. The fraction of sp³-hybridized carbons (Fsp3) is 0.385. The van der Waals surface area contributed by atoms with E-state index in [0.29, 0.717) is 26.1 Å². The fourth-order valence-corrected chi connectivity index (χ4v) is 4.52. The average molecular weight is 433 g/mol. The largest absolute Gasteiger partial charge is 0.340 e. The smallest absolute Gasteiger partial charge is 0.223 e. The molecule has 5 nitrogen and oxygen atoms in total. The van der Waals surface area contributed by atoms with Crippen molar-refractivity contribution in [3.63, 3.8) is 0 Å². The van der Waals surface area contributed by atoms with Crippen molar-refractivity contribution in [3.05, 3.63) is 65.7 Å². The number of aromatic nitrogens is 2. The molecule has 2 aliphatic rings. The van der Waals surface area contributed by atoms with E-state index in [2.05, 4.69) is 28.9 Å². The molecule has 0 bridgehead atoms. The molecule has 6 heteroatoms. The molecule has 32 heavy (non-hydrogen) atoms. The van der Waals surface area contributed by atoms with Crippen LogP contribution < -0.4 is 5.32 Å². The summed E-state index contributed by atoms with van der Waals surface area (Å²) in [6.07, 6.45) is 5.48. The number of nitrogens with one attached hydrogen (secondary N) is 1. The molecule has 0 atom stereocenters. The van der Waals surface area contributed by atoms with Crippen molar-refractivity contribution in [3.8, 4) is 11.3 Å². The number of anilines is 2. The molecule has 0 unspecified atom stereocenters. The van der Waals surface area contributed by atoms with Crippen LogP contribution in [0.5, 0.6) is 0 Å². The van der Waals surface area contributed by atoms with Crippen LogP contribution in [0.15, 0.2) is 48.5 Å². The molecule has 5 rings (SSSR count). The average Bonchev–Trinajstić information content (AvgIpc) is 3.12. The van der Waals surface area contributed by atoms with Gasteiger partial charge in [-0.1, -0.05) is 37.0 Å². The summed E-state index contributed by atoms with van der Waals surface area (Å²) in [6.45, 7) is 3.93. The zero-order chi connectivity index (χ0) is 22.1. The summed E-state index contributed by atoms with van der Waals surface area (Å²) >= 11 is 0. The van der Waals surface area contributed by atoms with Crippen LogP contribution in [-0.4, -0.2) is 26.9 Å². The summed E-state index contributed by atoms with van der Waals surface area (Å²) in [4.78, 5) is 19.6. The molecule has 1 aromatic heterocycles. The molecular formula is C26H29FN4O. The van der Waals surface area contributed by atoms with Crippen LogP contribution >= 0.6 is 0 Å². The molecule has 1 aliphatic heterocycles. The molecule has 0 radical (unpaired) electrons. The molecule has 0 spiro atoms. The lowest BCUT2D eigenvalue weighted by molar-refractivity contribution is -0.133. The van der Waals surface area contributed by atoms with E-state index in [-0.39, 0.29) is 11.7 Å². The van der Waals surface area contributed by atoms with Gasteiger partial charge < -0.3 is 14.8 Å². The molecule has 1 N–H and O–H groups in total. The van der Waals surface area contributed by atoms with Crippen LogP contribution in [0.1, 0.15) is 43.5 Å². The Morgan fingerprint density at radius 1 is 1.09 bits per heavy atom. The van der Waals surface area contributed by atoms with Gasteiger partial charge in [-0.25, -0.2) is 9.37 Å². The SMILES string of the molecule is Cc1ccc(Nc2c(-c3ccc(F)cc3)nc3n2CCN(C(=O)CCC2CCC2)C3)cc1. The lowest BCUT2D eigenvalue weighted by Crippen LogP contribution is -2.38. The highest BCUT2D eigenvalue weighted by Gasteiger charge is 2.28. The number of halogens is 1. The predicted molar refractivity (Wildman–Crippen MR) is 124 cm³/mol. The normalized spacial score (nSPS) is 15.9. The van der Waals surface area contributed by atoms with Gasteiger partial charge in [0.2, 0.25) is 5.91 Å². The third kappa shape index (κ3) is 4.27. The Morgan fingerprint density at radius 2 is 1.84 bits per heavy atom. The molecular weight excluding hydrogens is 403 g/mol. The second-order valence-corrected chi connectivity index (χ2v) is 9.03. The number of amides is 1. The van der Waals surface area contributed by atoms with Crippen LogP contribution in [0.3, 0.4) is 0 Å². The molecule has 2 heterocycles. The summed E-state index contributed by atoms with van der Waals surface area (Å²) in [5.41, 5.74) is 3.80. The third-order valence-electron chi connectivity index (χ3n) is 6.75. The number of fused-ring (bicyclic) bond motifs is 1. The topological polar surface area (TPSA) is 50.2 Å². The predicted octanol–water partition coefficient (Wildman–Crippen LogP) is 5.66. The number of rotatable bonds is 6. The first-order valence-electron chi connectivity index (χ1n) is 11.5. The molecule has 3 aromatic rings. The first-order valence-corrected chi connectivity index (χ1v) is 11.5. The number of aryl methyl sites for hydroxylation is 1. The zero-order valence-corrected chi connectivity index (χ0v) is 18.5. The van der Waals surface area contributed by atoms with E-state index in [1.165, 1.54) is 37.0 Å². The van der Waals surface area contributed by atoms with Gasteiger partial charge in [0.1, 0.15) is 23.2 Å². The van der Waals surface area contributed by atoms with Gasteiger partial charge in [0.15, 0.2) is 0 Å². The third-order valence-corrected chi connectivity index (χ3v) is 6.75. The van der Waals surface area contributed by atoms with Crippen LogP contribution in [0, 0.1) is 18.7 Å². The van der Waals surface area contributed by atoms with Crippen molar-refractivity contribution in [2.24, 2.45) is 5.92 Å². The van der Waals surface area contributed by atoms with Gasteiger partial charge in [0.25, 0.3) is 0 Å². The van der Waals surface area contributed by atoms with E-state index in [1.807, 2.05) is 17.0 Å². The minimum Gasteiger partial charge on any atom is -0.340 e. The maximum Gasteiger partial charge on any atom is 0.223 e. The Bertz CT molecular complexity index is 1100. The highest BCUT2D eigenvalue weighted by molar-refractivity contribution is 5.78. The summed E-state index contributed by atoms with van der Waals surface area (Å²) in [6, 6.07) is 14.6. The minimum absolute atomic E-state index is 0.225. The van der Waals surface area contributed by atoms with E-state index in [1.54, 1.807) is 12.1 Å². The first-order chi connectivity index (χ1) is 15.6. The van der Waals surface area contributed by atoms with Gasteiger partial charge in [-0.15, -0.1) is 0 Å². The van der Waals surface area contributed by atoms with E-state index in [4.69, 9.17) is 4.98 Å². The summed E-state index contributed by atoms with van der Waals surface area (Å²) < 4.78 is 15.7. The first kappa shape index (κ1) is 20.7. The van der Waals surface area contributed by atoms with Crippen molar-refractivity contribution >= 4 is 17.4 Å². The summed E-state index contributed by atoms with van der Waals surface area (Å²) in [5, 5.41) is 3.52. The highest BCUT2D eigenvalue weighted by Crippen LogP contribution is 2.34. The second-order valence-electron chi connectivity index (χ2n) is 9.03. The summed E-state index contributed by atoms with van der Waals surface area (Å²) in [7, 11) is 0. The van der Waals surface area contributed by atoms with Gasteiger partial charge >= 0.3 is 0 Å². The van der Waals surface area contributed by atoms with Crippen LogP contribution in [0.25, 0.3) is 11.3 Å². The zero-order valence-electron chi connectivity index (χ0n) is 18.5. The standard InChI is InChI=1S/C26H29FN4O/c1-18-5-12-22(13-6-18)28-26-25(20-8-10-21(27)11-9-20)29-23-17-30(15-16-31(23)26)24(32)14-7-19-3-2-4-19/h5-6,8-13,19,28H,2-4,7,14-17H2,1H3. The Kier molecular flexibility index (Phi) is 5.68. The van der Waals surface area contributed by atoms with Crippen molar-refractivity contribution in [2.75, 3.05) is 11.9 Å². The number of carbonyl (C=O) groups excluding carboxylic acids is 1. The molecule has 166 valence electrons. The number of carbonyl (C=O) groups is 1. The molecule has 1 saturated carbocycles. The van der Waals surface area contributed by atoms with E-state index >= 15 is 0 Å².